The average Bonchev–Trinajstić information content (AvgIpc) is 3.14. The monoisotopic (exact) mass is 400 g/mol. The van der Waals surface area contributed by atoms with Crippen LogP contribution in [0.15, 0.2) is 96.6 Å². The van der Waals surface area contributed by atoms with E-state index >= 15 is 0 Å². The van der Waals surface area contributed by atoms with E-state index in [0.717, 1.165) is 27.8 Å². The van der Waals surface area contributed by atoms with E-state index in [1.165, 1.54) is 0 Å². The average molecular weight is 401 g/mol. The van der Waals surface area contributed by atoms with Gasteiger partial charge in [-0.3, -0.25) is 0 Å². The van der Waals surface area contributed by atoms with Gasteiger partial charge in [-0.25, -0.2) is 0 Å². The number of hydrogen-bond donors (Lipinski definition) is 1. The Morgan fingerprint density at radius 2 is 1.27 bits per heavy atom. The van der Waals surface area contributed by atoms with Crippen LogP contribution in [0.25, 0.3) is 5.57 Å². The van der Waals surface area contributed by atoms with Crippen molar-refractivity contribution in [3.63, 3.8) is 0 Å². The Balaban J connectivity index is 1.58. The molecule has 0 aromatic heterocycles. The fourth-order valence-corrected chi connectivity index (χ4v) is 3.99. The van der Waals surface area contributed by atoms with Gasteiger partial charge in [0.25, 0.3) is 0 Å². The fraction of sp³-hybridized carbons (Fsp3) is 0.259. The molecule has 3 aromatic rings. The summed E-state index contributed by atoms with van der Waals surface area (Å²) in [5.41, 5.74) is 5.38. The molecule has 1 aliphatic rings. The molecule has 1 saturated carbocycles. The third kappa shape index (κ3) is 4.88. The number of benzene rings is 3. The molecule has 3 heteroatoms. The summed E-state index contributed by atoms with van der Waals surface area (Å²) in [7, 11) is 0. The molecule has 0 saturated heterocycles. The summed E-state index contributed by atoms with van der Waals surface area (Å²) >= 11 is 0. The molecule has 30 heavy (non-hydrogen) atoms. The van der Waals surface area contributed by atoms with E-state index in [2.05, 4.69) is 19.1 Å². The Kier molecular flexibility index (Phi) is 6.44. The van der Waals surface area contributed by atoms with Gasteiger partial charge in [0.05, 0.1) is 19.3 Å². The normalized spacial score (nSPS) is 19.6. The molecule has 1 unspecified atom stereocenters. The summed E-state index contributed by atoms with van der Waals surface area (Å²) in [6.07, 6.45) is 0.387. The summed E-state index contributed by atoms with van der Waals surface area (Å²) in [6, 6.07) is 30.4. The van der Waals surface area contributed by atoms with Gasteiger partial charge in [0.15, 0.2) is 5.79 Å². The van der Waals surface area contributed by atoms with Crippen molar-refractivity contribution in [3.05, 3.63) is 113 Å². The number of allylic oxidation sites excluding steroid dienone is 1. The molecule has 0 aliphatic heterocycles. The lowest BCUT2D eigenvalue weighted by Crippen LogP contribution is -2.33. The van der Waals surface area contributed by atoms with E-state index in [1.807, 2.05) is 78.9 Å². The van der Waals surface area contributed by atoms with Crippen LogP contribution in [0.3, 0.4) is 0 Å². The fourth-order valence-electron chi connectivity index (χ4n) is 3.99. The number of rotatable bonds is 7. The van der Waals surface area contributed by atoms with Crippen molar-refractivity contribution in [2.45, 2.75) is 44.9 Å². The minimum atomic E-state index is -0.851. The molecule has 1 fully saturated rings. The molecule has 3 aromatic carbocycles. The van der Waals surface area contributed by atoms with Crippen LogP contribution in [-0.4, -0.2) is 17.0 Å². The molecule has 1 atom stereocenters. The van der Waals surface area contributed by atoms with Crippen LogP contribution in [-0.2, 0) is 22.7 Å². The van der Waals surface area contributed by atoms with Gasteiger partial charge < -0.3 is 14.6 Å². The summed E-state index contributed by atoms with van der Waals surface area (Å²) in [5.74, 6) is -0.851. The highest BCUT2D eigenvalue weighted by Crippen LogP contribution is 2.42. The number of aliphatic hydroxyl groups is 1. The Labute approximate surface area is 178 Å². The zero-order valence-corrected chi connectivity index (χ0v) is 17.3. The van der Waals surface area contributed by atoms with E-state index < -0.39 is 11.9 Å². The summed E-state index contributed by atoms with van der Waals surface area (Å²) in [5, 5.41) is 10.9. The second-order valence-corrected chi connectivity index (χ2v) is 7.87. The summed E-state index contributed by atoms with van der Waals surface area (Å²) in [6.45, 7) is 2.96. The van der Waals surface area contributed by atoms with Crippen LogP contribution in [0.1, 0.15) is 36.5 Å². The molecule has 3 nitrogen and oxygen atoms in total. The zero-order valence-electron chi connectivity index (χ0n) is 17.3. The number of aliphatic hydroxyl groups excluding tert-OH is 1. The van der Waals surface area contributed by atoms with Gasteiger partial charge in [0.2, 0.25) is 0 Å². The van der Waals surface area contributed by atoms with Crippen LogP contribution in [0.2, 0.25) is 0 Å². The minimum Gasteiger partial charge on any atom is -0.389 e. The second-order valence-electron chi connectivity index (χ2n) is 7.87. The second kappa shape index (κ2) is 9.40. The van der Waals surface area contributed by atoms with E-state index in [1.54, 1.807) is 0 Å². The Bertz CT molecular complexity index is 921. The lowest BCUT2D eigenvalue weighted by Gasteiger charge is -2.29. The van der Waals surface area contributed by atoms with Crippen LogP contribution in [0.4, 0.5) is 0 Å². The number of ether oxygens (including phenoxy) is 2. The lowest BCUT2D eigenvalue weighted by molar-refractivity contribution is -0.247. The lowest BCUT2D eigenvalue weighted by atomic mass is 9.99. The Hall–Kier alpha value is -2.72. The third-order valence-corrected chi connectivity index (χ3v) is 5.74. The van der Waals surface area contributed by atoms with Crippen LogP contribution in [0.5, 0.6) is 0 Å². The molecule has 0 amide bonds. The summed E-state index contributed by atoms with van der Waals surface area (Å²) in [4.78, 5) is 0. The smallest absolute Gasteiger partial charge is 0.175 e. The predicted molar refractivity (Wildman–Crippen MR) is 119 cm³/mol. The first-order chi connectivity index (χ1) is 14.7. The van der Waals surface area contributed by atoms with E-state index in [4.69, 9.17) is 9.47 Å². The van der Waals surface area contributed by atoms with Gasteiger partial charge in [-0.15, -0.1) is 0 Å². The maximum atomic E-state index is 10.9. The Morgan fingerprint density at radius 1 is 0.800 bits per heavy atom. The molecular weight excluding hydrogens is 372 g/mol. The van der Waals surface area contributed by atoms with Crippen molar-refractivity contribution >= 4 is 5.57 Å². The van der Waals surface area contributed by atoms with Gasteiger partial charge in [0.1, 0.15) is 0 Å². The van der Waals surface area contributed by atoms with E-state index in [-0.39, 0.29) is 0 Å². The van der Waals surface area contributed by atoms with E-state index in [0.29, 0.717) is 26.1 Å². The maximum absolute atomic E-state index is 10.9. The van der Waals surface area contributed by atoms with Gasteiger partial charge in [-0.2, -0.15) is 0 Å². The predicted octanol–water partition coefficient (Wildman–Crippen LogP) is 5.74. The Morgan fingerprint density at radius 3 is 1.77 bits per heavy atom. The molecule has 0 bridgehead atoms. The molecule has 1 N–H and O–H groups in total. The molecule has 0 spiro atoms. The molecule has 1 aliphatic carbocycles. The highest BCUT2D eigenvalue weighted by Gasteiger charge is 2.44. The summed E-state index contributed by atoms with van der Waals surface area (Å²) < 4.78 is 12.7. The first kappa shape index (κ1) is 20.5. The maximum Gasteiger partial charge on any atom is 0.175 e. The highest BCUT2D eigenvalue weighted by atomic mass is 16.7. The van der Waals surface area contributed by atoms with Gasteiger partial charge in [0, 0.05) is 12.8 Å². The van der Waals surface area contributed by atoms with Gasteiger partial charge in [-0.1, -0.05) is 91.0 Å². The van der Waals surface area contributed by atoms with Gasteiger partial charge >= 0.3 is 0 Å². The van der Waals surface area contributed by atoms with Gasteiger partial charge in [-0.05, 0) is 34.8 Å². The van der Waals surface area contributed by atoms with Crippen molar-refractivity contribution in [2.75, 3.05) is 0 Å². The quantitative estimate of drug-likeness (QED) is 0.514. The van der Waals surface area contributed by atoms with Crippen LogP contribution < -0.4 is 0 Å². The van der Waals surface area contributed by atoms with Crippen molar-refractivity contribution in [2.24, 2.45) is 0 Å². The van der Waals surface area contributed by atoms with Crippen LogP contribution in [0, 0.1) is 0 Å². The van der Waals surface area contributed by atoms with Crippen molar-refractivity contribution in [1.82, 2.24) is 0 Å². The standard InChI is InChI=1S/C27H28O3/c1-21(24-15-9-4-10-16-24)25-17-27(18-26(25)28,29-19-22-11-5-2-6-12-22)30-20-23-13-7-3-8-14-23/h2-16,26,28H,17-20H2,1H3/b25-21-. The topological polar surface area (TPSA) is 38.7 Å². The molecule has 4 rings (SSSR count). The van der Waals surface area contributed by atoms with Crippen LogP contribution >= 0.6 is 0 Å². The molecule has 0 heterocycles. The SMILES string of the molecule is C/C(=C1\CC(OCc2ccccc2)(OCc2ccccc2)CC1O)c1ccccc1. The molecule has 0 radical (unpaired) electrons. The first-order valence-electron chi connectivity index (χ1n) is 10.4. The zero-order chi connectivity index (χ0) is 20.8. The highest BCUT2D eigenvalue weighted by molar-refractivity contribution is 5.68. The van der Waals surface area contributed by atoms with Crippen molar-refractivity contribution in [3.8, 4) is 0 Å². The first-order valence-corrected chi connectivity index (χ1v) is 10.4. The minimum absolute atomic E-state index is 0.423. The van der Waals surface area contributed by atoms with Crippen molar-refractivity contribution in [1.29, 1.82) is 0 Å². The third-order valence-electron chi connectivity index (χ3n) is 5.74. The molecular formula is C27H28O3. The van der Waals surface area contributed by atoms with Crippen molar-refractivity contribution < 1.29 is 14.6 Å². The largest absolute Gasteiger partial charge is 0.389 e. The molecule has 154 valence electrons. The van der Waals surface area contributed by atoms with E-state index in [9.17, 15) is 5.11 Å². The number of hydrogen-bond acceptors (Lipinski definition) is 3.